The molecule has 4 rings (SSSR count). The number of fused-ring (bicyclic) bond motifs is 3. The summed E-state index contributed by atoms with van der Waals surface area (Å²) in [6.45, 7) is 6.05. The molecular weight excluding hydrogens is 444 g/mol. The summed E-state index contributed by atoms with van der Waals surface area (Å²) in [5, 5.41) is 14.9. The van der Waals surface area contributed by atoms with Gasteiger partial charge in [-0.1, -0.05) is 69.3 Å². The molecule has 186 valence electrons. The largest absolute Gasteiger partial charge is 0.481 e. The third-order valence-corrected chi connectivity index (χ3v) is 7.00. The highest BCUT2D eigenvalue weighted by molar-refractivity contribution is 5.80. The predicted octanol–water partition coefficient (Wildman–Crippen LogP) is 4.70. The van der Waals surface area contributed by atoms with Crippen LogP contribution < -0.4 is 10.6 Å². The maximum absolute atomic E-state index is 12.8. The van der Waals surface area contributed by atoms with Gasteiger partial charge in [-0.05, 0) is 46.4 Å². The molecule has 0 heterocycles. The lowest BCUT2D eigenvalue weighted by atomic mass is 9.84. The normalized spacial score (nSPS) is 16.5. The van der Waals surface area contributed by atoms with E-state index in [2.05, 4.69) is 34.9 Å². The van der Waals surface area contributed by atoms with Gasteiger partial charge in [0.05, 0.1) is 6.42 Å². The van der Waals surface area contributed by atoms with Gasteiger partial charge in [-0.3, -0.25) is 9.59 Å². The van der Waals surface area contributed by atoms with Crippen molar-refractivity contribution >= 4 is 18.0 Å². The number of benzene rings is 2. The van der Waals surface area contributed by atoms with E-state index < -0.39 is 23.5 Å². The van der Waals surface area contributed by atoms with E-state index in [1.165, 1.54) is 0 Å². The number of aliphatic carboxylic acids is 1. The number of carboxylic acids is 1. The van der Waals surface area contributed by atoms with Gasteiger partial charge in [0.1, 0.15) is 6.61 Å². The maximum atomic E-state index is 12.8. The monoisotopic (exact) mass is 478 g/mol. The third kappa shape index (κ3) is 6.02. The number of carbonyl (C=O) groups is 3. The van der Waals surface area contributed by atoms with Gasteiger partial charge in [0.25, 0.3) is 0 Å². The number of amides is 2. The summed E-state index contributed by atoms with van der Waals surface area (Å²) in [6, 6.07) is 15.5. The smallest absolute Gasteiger partial charge is 0.407 e. The van der Waals surface area contributed by atoms with E-state index in [0.29, 0.717) is 0 Å². The Labute approximate surface area is 206 Å². The van der Waals surface area contributed by atoms with E-state index in [1.54, 1.807) is 0 Å². The molecule has 2 aliphatic rings. The summed E-state index contributed by atoms with van der Waals surface area (Å²) in [4.78, 5) is 36.7. The van der Waals surface area contributed by atoms with Crippen LogP contribution in [-0.4, -0.2) is 41.8 Å². The van der Waals surface area contributed by atoms with Crippen LogP contribution in [0.25, 0.3) is 11.1 Å². The lowest BCUT2D eigenvalue weighted by Gasteiger charge is -2.31. The van der Waals surface area contributed by atoms with Gasteiger partial charge >= 0.3 is 12.1 Å². The van der Waals surface area contributed by atoms with Crippen LogP contribution in [0.5, 0.6) is 0 Å². The van der Waals surface area contributed by atoms with Crippen molar-refractivity contribution in [1.29, 1.82) is 0 Å². The highest BCUT2D eigenvalue weighted by atomic mass is 16.5. The summed E-state index contributed by atoms with van der Waals surface area (Å²) in [7, 11) is 0. The van der Waals surface area contributed by atoms with Crippen LogP contribution in [0.3, 0.4) is 0 Å². The number of carboxylic acid groups (broad SMARTS) is 1. The number of hydrogen-bond acceptors (Lipinski definition) is 4. The van der Waals surface area contributed by atoms with Crippen LogP contribution in [0.2, 0.25) is 0 Å². The number of nitrogens with one attached hydrogen (secondary N) is 2. The fourth-order valence-corrected chi connectivity index (χ4v) is 4.83. The van der Waals surface area contributed by atoms with Gasteiger partial charge in [0.2, 0.25) is 5.91 Å². The Kier molecular flexibility index (Phi) is 7.15. The molecule has 35 heavy (non-hydrogen) atoms. The first-order valence-corrected chi connectivity index (χ1v) is 12.3. The molecule has 2 unspecified atom stereocenters. The minimum atomic E-state index is -0.925. The van der Waals surface area contributed by atoms with Gasteiger partial charge in [-0.15, -0.1) is 0 Å². The van der Waals surface area contributed by atoms with Crippen molar-refractivity contribution in [2.75, 3.05) is 6.61 Å². The number of rotatable bonds is 9. The summed E-state index contributed by atoms with van der Waals surface area (Å²) >= 11 is 0. The summed E-state index contributed by atoms with van der Waals surface area (Å²) in [6.07, 6.45) is 1.26. The maximum Gasteiger partial charge on any atom is 0.407 e. The van der Waals surface area contributed by atoms with E-state index in [0.717, 1.165) is 35.1 Å². The first-order valence-electron chi connectivity index (χ1n) is 12.3. The quantitative estimate of drug-likeness (QED) is 0.485. The number of hydrogen-bond donors (Lipinski definition) is 3. The number of carbonyl (C=O) groups excluding carboxylic acids is 2. The molecule has 0 radical (unpaired) electrons. The molecule has 0 aliphatic heterocycles. The molecule has 0 spiro atoms. The van der Waals surface area contributed by atoms with Gasteiger partial charge in [0.15, 0.2) is 0 Å². The Morgan fingerprint density at radius 2 is 1.51 bits per heavy atom. The molecule has 7 heteroatoms. The molecule has 1 saturated carbocycles. The van der Waals surface area contributed by atoms with Crippen molar-refractivity contribution in [1.82, 2.24) is 10.6 Å². The molecule has 2 atom stereocenters. The van der Waals surface area contributed by atoms with Crippen molar-refractivity contribution in [3.05, 3.63) is 59.7 Å². The van der Waals surface area contributed by atoms with E-state index in [9.17, 15) is 14.4 Å². The van der Waals surface area contributed by atoms with Crippen molar-refractivity contribution < 1.29 is 24.2 Å². The SMILES string of the molecule is CC(C)(C)C(CC(=O)NC(CC(=O)O)C1CC1)NC(=O)OCC1c2ccccc2-c2ccccc21. The number of alkyl carbamates (subject to hydrolysis) is 1. The third-order valence-electron chi connectivity index (χ3n) is 7.00. The minimum absolute atomic E-state index is 0.0418. The molecule has 3 N–H and O–H groups in total. The predicted molar refractivity (Wildman–Crippen MR) is 133 cm³/mol. The highest BCUT2D eigenvalue weighted by Gasteiger charge is 2.36. The summed E-state index contributed by atoms with van der Waals surface area (Å²) < 4.78 is 5.67. The Morgan fingerprint density at radius 3 is 2.03 bits per heavy atom. The molecule has 2 aromatic rings. The highest BCUT2D eigenvalue weighted by Crippen LogP contribution is 2.44. The van der Waals surface area contributed by atoms with Crippen LogP contribution in [-0.2, 0) is 14.3 Å². The first-order chi connectivity index (χ1) is 16.6. The fourth-order valence-electron chi connectivity index (χ4n) is 4.83. The Bertz CT molecular complexity index is 1060. The first kappa shape index (κ1) is 24.8. The van der Waals surface area contributed by atoms with Crippen molar-refractivity contribution in [2.24, 2.45) is 11.3 Å². The van der Waals surface area contributed by atoms with Crippen LogP contribution >= 0.6 is 0 Å². The second-order valence-corrected chi connectivity index (χ2v) is 10.7. The number of ether oxygens (including phenoxy) is 1. The van der Waals surface area contributed by atoms with Crippen molar-refractivity contribution in [2.45, 2.75) is 64.5 Å². The van der Waals surface area contributed by atoms with E-state index in [4.69, 9.17) is 9.84 Å². The van der Waals surface area contributed by atoms with Crippen LogP contribution in [0.15, 0.2) is 48.5 Å². The molecule has 0 bridgehead atoms. The molecular formula is C28H34N2O5. The molecule has 1 fully saturated rings. The standard InChI is InChI=1S/C28H34N2O5/c1-28(2,3)24(15-25(31)29-23(14-26(32)33)17-12-13-17)30-27(34)35-16-22-20-10-6-4-8-18(20)19-9-5-7-11-21(19)22/h4-11,17,22-24H,12-16H2,1-3H3,(H,29,31)(H,30,34)(H,32,33). The van der Waals surface area contributed by atoms with Crippen LogP contribution in [0.4, 0.5) is 4.79 Å². The van der Waals surface area contributed by atoms with Gasteiger partial charge in [0, 0.05) is 24.4 Å². The second-order valence-electron chi connectivity index (χ2n) is 10.7. The molecule has 0 aromatic heterocycles. The van der Waals surface area contributed by atoms with Crippen molar-refractivity contribution in [3.63, 3.8) is 0 Å². The lowest BCUT2D eigenvalue weighted by Crippen LogP contribution is -2.48. The zero-order chi connectivity index (χ0) is 25.2. The zero-order valence-corrected chi connectivity index (χ0v) is 20.5. The van der Waals surface area contributed by atoms with Gasteiger partial charge < -0.3 is 20.5 Å². The fraction of sp³-hybridized carbons (Fsp3) is 0.464. The van der Waals surface area contributed by atoms with Crippen LogP contribution in [0.1, 0.15) is 63.5 Å². The Hall–Kier alpha value is -3.35. The summed E-state index contributed by atoms with van der Waals surface area (Å²) in [5.74, 6) is -1.01. The summed E-state index contributed by atoms with van der Waals surface area (Å²) in [5.41, 5.74) is 4.20. The average Bonchev–Trinajstić information content (AvgIpc) is 3.59. The Morgan fingerprint density at radius 1 is 0.943 bits per heavy atom. The second kappa shape index (κ2) is 10.1. The van der Waals surface area contributed by atoms with Gasteiger partial charge in [-0.25, -0.2) is 4.79 Å². The Balaban J connectivity index is 1.37. The van der Waals surface area contributed by atoms with Crippen molar-refractivity contribution in [3.8, 4) is 11.1 Å². The molecule has 2 aliphatic carbocycles. The lowest BCUT2D eigenvalue weighted by molar-refractivity contribution is -0.137. The minimum Gasteiger partial charge on any atom is -0.481 e. The van der Waals surface area contributed by atoms with Gasteiger partial charge in [-0.2, -0.15) is 0 Å². The van der Waals surface area contributed by atoms with Crippen LogP contribution in [0, 0.1) is 11.3 Å². The molecule has 0 saturated heterocycles. The molecule has 2 aromatic carbocycles. The van der Waals surface area contributed by atoms with E-state index in [-0.39, 0.29) is 43.2 Å². The average molecular weight is 479 g/mol. The topological polar surface area (TPSA) is 105 Å². The van der Waals surface area contributed by atoms with E-state index >= 15 is 0 Å². The molecule has 7 nitrogen and oxygen atoms in total. The molecule has 2 amide bonds. The van der Waals surface area contributed by atoms with E-state index in [1.807, 2.05) is 45.0 Å². The zero-order valence-electron chi connectivity index (χ0n) is 20.5.